The fourth-order valence-corrected chi connectivity index (χ4v) is 3.40. The second-order valence-corrected chi connectivity index (χ2v) is 5.97. The van der Waals surface area contributed by atoms with Crippen molar-refractivity contribution in [3.05, 3.63) is 34.4 Å². The lowest BCUT2D eigenvalue weighted by Crippen LogP contribution is -2.04. The first-order chi connectivity index (χ1) is 7.56. The zero-order valence-corrected chi connectivity index (χ0v) is 11.3. The third-order valence-corrected chi connectivity index (χ3v) is 4.21. The first kappa shape index (κ1) is 12.0. The average molecular weight is 237 g/mol. The van der Waals surface area contributed by atoms with Gasteiger partial charge in [-0.3, -0.25) is 0 Å². The summed E-state index contributed by atoms with van der Waals surface area (Å²) in [7, 11) is 0. The van der Waals surface area contributed by atoms with Gasteiger partial charge in [-0.05, 0) is 69.1 Å². The number of aryl methyl sites for hydroxylation is 3. The summed E-state index contributed by atoms with van der Waals surface area (Å²) in [5.41, 5.74) is 5.84. The average Bonchev–Trinajstić information content (AvgIpc) is 2.58. The van der Waals surface area contributed by atoms with E-state index in [1.807, 2.05) is 0 Å². The summed E-state index contributed by atoms with van der Waals surface area (Å²) in [6.45, 7) is 6.65. The van der Waals surface area contributed by atoms with E-state index < -0.39 is 0 Å². The lowest BCUT2D eigenvalue weighted by atomic mass is 9.90. The number of hydrogen-bond donors (Lipinski definition) is 0. The number of alkyl halides is 1. The Labute approximate surface area is 104 Å². The Kier molecular flexibility index (Phi) is 3.59. The van der Waals surface area contributed by atoms with Gasteiger partial charge in [0.1, 0.15) is 0 Å². The van der Waals surface area contributed by atoms with Crippen molar-refractivity contribution in [1.29, 1.82) is 0 Å². The molecule has 1 heteroatoms. The van der Waals surface area contributed by atoms with Crippen molar-refractivity contribution < 1.29 is 0 Å². The molecule has 1 aromatic rings. The van der Waals surface area contributed by atoms with Gasteiger partial charge in [-0.25, -0.2) is 0 Å². The lowest BCUT2D eigenvalue weighted by Gasteiger charge is -2.15. The van der Waals surface area contributed by atoms with Gasteiger partial charge >= 0.3 is 0 Å². The maximum Gasteiger partial charge on any atom is 0.0338 e. The summed E-state index contributed by atoms with van der Waals surface area (Å²) in [6.07, 6.45) is 4.94. The molecule has 0 bridgehead atoms. The van der Waals surface area contributed by atoms with Crippen LogP contribution < -0.4 is 0 Å². The van der Waals surface area contributed by atoms with Crippen LogP contribution in [0.25, 0.3) is 0 Å². The number of benzene rings is 1. The maximum absolute atomic E-state index is 6.18. The van der Waals surface area contributed by atoms with Gasteiger partial charge in [0.25, 0.3) is 0 Å². The number of rotatable bonds is 2. The fraction of sp³-hybridized carbons (Fsp3) is 0.600. The molecule has 0 heterocycles. The third kappa shape index (κ3) is 2.60. The van der Waals surface area contributed by atoms with E-state index in [4.69, 9.17) is 11.6 Å². The molecular weight excluding hydrogens is 216 g/mol. The minimum Gasteiger partial charge on any atom is -0.123 e. The minimum atomic E-state index is 0.427. The van der Waals surface area contributed by atoms with Crippen molar-refractivity contribution >= 4 is 11.6 Å². The molecule has 2 atom stereocenters. The molecule has 0 N–H and O–H groups in total. The summed E-state index contributed by atoms with van der Waals surface area (Å²) in [4.78, 5) is 0. The molecule has 0 nitrogen and oxygen atoms in total. The van der Waals surface area contributed by atoms with Crippen molar-refractivity contribution in [1.82, 2.24) is 0 Å². The highest BCUT2D eigenvalue weighted by Crippen LogP contribution is 2.33. The number of halogens is 1. The molecule has 0 spiro atoms. The van der Waals surface area contributed by atoms with E-state index in [1.54, 1.807) is 5.56 Å². The topological polar surface area (TPSA) is 0 Å². The molecule has 88 valence electrons. The second kappa shape index (κ2) is 4.79. The van der Waals surface area contributed by atoms with Crippen LogP contribution in [0.15, 0.2) is 12.1 Å². The molecular formula is C15H21Cl. The third-order valence-electron chi connectivity index (χ3n) is 3.81. The van der Waals surface area contributed by atoms with Gasteiger partial charge in [-0.1, -0.05) is 17.7 Å². The van der Waals surface area contributed by atoms with E-state index in [0.29, 0.717) is 5.38 Å². The molecule has 0 aromatic heterocycles. The molecule has 1 fully saturated rings. The highest BCUT2D eigenvalue weighted by Gasteiger charge is 2.23. The van der Waals surface area contributed by atoms with Gasteiger partial charge in [-0.2, -0.15) is 0 Å². The molecule has 0 saturated heterocycles. The van der Waals surface area contributed by atoms with Gasteiger partial charge < -0.3 is 0 Å². The predicted octanol–water partition coefficient (Wildman–Crippen LogP) is 4.56. The Morgan fingerprint density at radius 2 is 1.75 bits per heavy atom. The van der Waals surface area contributed by atoms with Gasteiger partial charge in [0.05, 0.1) is 0 Å². The second-order valence-electron chi connectivity index (χ2n) is 5.36. The first-order valence-corrected chi connectivity index (χ1v) is 6.70. The standard InChI is InChI=1S/C15H21Cl/c1-10-6-11(2)15(12(3)7-10)9-13-4-5-14(16)8-13/h6-7,13-14H,4-5,8-9H2,1-3H3. The van der Waals surface area contributed by atoms with E-state index in [-0.39, 0.29) is 0 Å². The van der Waals surface area contributed by atoms with Crippen LogP contribution in [0.3, 0.4) is 0 Å². The van der Waals surface area contributed by atoms with Crippen LogP contribution in [0.1, 0.15) is 41.5 Å². The summed E-state index contributed by atoms with van der Waals surface area (Å²) < 4.78 is 0. The summed E-state index contributed by atoms with van der Waals surface area (Å²) in [5, 5.41) is 0.427. The van der Waals surface area contributed by atoms with E-state index in [0.717, 1.165) is 5.92 Å². The summed E-state index contributed by atoms with van der Waals surface area (Å²) in [6, 6.07) is 4.60. The normalized spacial score (nSPS) is 25.0. The Morgan fingerprint density at radius 1 is 1.12 bits per heavy atom. The van der Waals surface area contributed by atoms with Gasteiger partial charge in [-0.15, -0.1) is 11.6 Å². The highest BCUT2D eigenvalue weighted by molar-refractivity contribution is 6.20. The molecule has 1 aromatic carbocycles. The zero-order chi connectivity index (χ0) is 11.7. The molecule has 0 aliphatic heterocycles. The van der Waals surface area contributed by atoms with E-state index >= 15 is 0 Å². The Balaban J connectivity index is 2.15. The molecule has 0 radical (unpaired) electrons. The first-order valence-electron chi connectivity index (χ1n) is 6.27. The molecule has 2 unspecified atom stereocenters. The van der Waals surface area contributed by atoms with Crippen LogP contribution >= 0.6 is 11.6 Å². The molecule has 1 saturated carbocycles. The fourth-order valence-electron chi connectivity index (χ4n) is 3.02. The maximum atomic E-state index is 6.18. The minimum absolute atomic E-state index is 0.427. The molecule has 2 rings (SSSR count). The van der Waals surface area contributed by atoms with E-state index in [1.165, 1.54) is 42.4 Å². The molecule has 0 amide bonds. The van der Waals surface area contributed by atoms with Crippen LogP contribution in [0.2, 0.25) is 0 Å². The van der Waals surface area contributed by atoms with E-state index in [9.17, 15) is 0 Å². The lowest BCUT2D eigenvalue weighted by molar-refractivity contribution is 0.544. The molecule has 1 aliphatic carbocycles. The van der Waals surface area contributed by atoms with E-state index in [2.05, 4.69) is 32.9 Å². The summed E-state index contributed by atoms with van der Waals surface area (Å²) in [5.74, 6) is 0.808. The van der Waals surface area contributed by atoms with Crippen molar-refractivity contribution in [2.75, 3.05) is 0 Å². The Hall–Kier alpha value is -0.490. The van der Waals surface area contributed by atoms with Crippen molar-refractivity contribution in [3.8, 4) is 0 Å². The summed E-state index contributed by atoms with van der Waals surface area (Å²) >= 11 is 6.18. The number of hydrogen-bond acceptors (Lipinski definition) is 0. The van der Waals surface area contributed by atoms with Gasteiger partial charge in [0.2, 0.25) is 0 Å². The van der Waals surface area contributed by atoms with Crippen LogP contribution in [0, 0.1) is 26.7 Å². The largest absolute Gasteiger partial charge is 0.123 e. The zero-order valence-electron chi connectivity index (χ0n) is 10.5. The molecule has 1 aliphatic rings. The van der Waals surface area contributed by atoms with Crippen molar-refractivity contribution in [2.45, 2.75) is 51.8 Å². The van der Waals surface area contributed by atoms with Crippen LogP contribution in [-0.4, -0.2) is 5.38 Å². The smallest absolute Gasteiger partial charge is 0.0338 e. The van der Waals surface area contributed by atoms with Crippen molar-refractivity contribution in [2.24, 2.45) is 5.92 Å². The van der Waals surface area contributed by atoms with Crippen LogP contribution in [0.4, 0.5) is 0 Å². The van der Waals surface area contributed by atoms with Crippen LogP contribution in [-0.2, 0) is 6.42 Å². The SMILES string of the molecule is Cc1cc(C)c(CC2CCC(Cl)C2)c(C)c1. The Bertz CT molecular complexity index is 358. The highest BCUT2D eigenvalue weighted by atomic mass is 35.5. The van der Waals surface area contributed by atoms with Gasteiger partial charge in [0.15, 0.2) is 0 Å². The Morgan fingerprint density at radius 3 is 2.25 bits per heavy atom. The van der Waals surface area contributed by atoms with Crippen LogP contribution in [0.5, 0.6) is 0 Å². The predicted molar refractivity (Wildman–Crippen MR) is 71.3 cm³/mol. The monoisotopic (exact) mass is 236 g/mol. The quantitative estimate of drug-likeness (QED) is 0.661. The molecule has 16 heavy (non-hydrogen) atoms. The van der Waals surface area contributed by atoms with Crippen molar-refractivity contribution in [3.63, 3.8) is 0 Å². The van der Waals surface area contributed by atoms with Gasteiger partial charge in [0, 0.05) is 5.38 Å².